The molecule has 0 spiro atoms. The number of carbonyl (C=O) groups is 2. The van der Waals surface area contributed by atoms with E-state index in [1.165, 1.54) is 0 Å². The van der Waals surface area contributed by atoms with Gasteiger partial charge in [0.1, 0.15) is 5.75 Å². The fraction of sp³-hybridized carbons (Fsp3) is 0.333. The predicted molar refractivity (Wildman–Crippen MR) is 107 cm³/mol. The molecule has 2 aromatic carbocycles. The molecule has 0 saturated heterocycles. The molecule has 2 amide bonds. The summed E-state index contributed by atoms with van der Waals surface area (Å²) in [5, 5.41) is 0. The van der Waals surface area contributed by atoms with E-state index in [-0.39, 0.29) is 12.5 Å². The lowest BCUT2D eigenvalue weighted by molar-refractivity contribution is -0.123. The van der Waals surface area contributed by atoms with Crippen molar-refractivity contribution in [2.75, 3.05) is 24.6 Å². The molecule has 0 aliphatic rings. The van der Waals surface area contributed by atoms with Crippen molar-refractivity contribution in [3.63, 3.8) is 0 Å². The molecule has 0 aliphatic carbocycles. The highest BCUT2D eigenvalue weighted by molar-refractivity contribution is 5.95. The molecule has 27 heavy (non-hydrogen) atoms. The van der Waals surface area contributed by atoms with Gasteiger partial charge in [-0.3, -0.25) is 20.4 Å². The number of nitrogens with one attached hydrogen (secondary N) is 2. The predicted octanol–water partition coefficient (Wildman–Crippen LogP) is 2.99. The highest BCUT2D eigenvalue weighted by Gasteiger charge is 2.10. The number of amides is 2. The monoisotopic (exact) mass is 369 g/mol. The van der Waals surface area contributed by atoms with Gasteiger partial charge in [-0.2, -0.15) is 0 Å². The topological polar surface area (TPSA) is 70.7 Å². The van der Waals surface area contributed by atoms with Crippen LogP contribution in [-0.4, -0.2) is 31.5 Å². The molecule has 2 N–H and O–H groups in total. The SMILES string of the molecule is CCN(CC)c1ccc(C(=O)NNC(=O)COc2ccc(C)cc2C)cc1. The minimum Gasteiger partial charge on any atom is -0.483 e. The van der Waals surface area contributed by atoms with Gasteiger partial charge in [0.05, 0.1) is 0 Å². The fourth-order valence-corrected chi connectivity index (χ4v) is 2.75. The molecule has 144 valence electrons. The third-order valence-corrected chi connectivity index (χ3v) is 4.26. The van der Waals surface area contributed by atoms with E-state index in [0.29, 0.717) is 11.3 Å². The molecule has 6 nitrogen and oxygen atoms in total. The van der Waals surface area contributed by atoms with Crippen LogP contribution >= 0.6 is 0 Å². The molecule has 0 aromatic heterocycles. The summed E-state index contributed by atoms with van der Waals surface area (Å²) in [6, 6.07) is 13.0. The zero-order valence-electron chi connectivity index (χ0n) is 16.3. The van der Waals surface area contributed by atoms with Crippen molar-refractivity contribution in [3.05, 3.63) is 59.2 Å². The lowest BCUT2D eigenvalue weighted by atomic mass is 10.1. The van der Waals surface area contributed by atoms with E-state index in [2.05, 4.69) is 29.6 Å². The molecule has 0 aliphatic heterocycles. The van der Waals surface area contributed by atoms with E-state index >= 15 is 0 Å². The number of aryl methyl sites for hydroxylation is 2. The molecule has 0 radical (unpaired) electrons. The van der Waals surface area contributed by atoms with E-state index in [1.807, 2.05) is 44.2 Å². The van der Waals surface area contributed by atoms with Crippen LogP contribution in [0.15, 0.2) is 42.5 Å². The van der Waals surface area contributed by atoms with E-state index in [1.54, 1.807) is 12.1 Å². The second kappa shape index (κ2) is 9.62. The minimum absolute atomic E-state index is 0.176. The molecule has 6 heteroatoms. The Balaban J connectivity index is 1.83. The van der Waals surface area contributed by atoms with Crippen LogP contribution in [0, 0.1) is 13.8 Å². The zero-order chi connectivity index (χ0) is 19.8. The van der Waals surface area contributed by atoms with Crippen LogP contribution in [0.1, 0.15) is 35.3 Å². The summed E-state index contributed by atoms with van der Waals surface area (Å²) in [4.78, 5) is 26.2. The molecule has 0 unspecified atom stereocenters. The summed E-state index contributed by atoms with van der Waals surface area (Å²) >= 11 is 0. The molecule has 0 bridgehead atoms. The molecule has 0 heterocycles. The standard InChI is InChI=1S/C21H27N3O3/c1-5-24(6-2)18-10-8-17(9-11-18)21(26)23-22-20(25)14-27-19-12-7-15(3)13-16(19)4/h7-13H,5-6,14H2,1-4H3,(H,22,25)(H,23,26). The summed E-state index contributed by atoms with van der Waals surface area (Å²) in [6.45, 7) is 9.71. The second-order valence-electron chi connectivity index (χ2n) is 6.28. The number of hydrogen-bond acceptors (Lipinski definition) is 4. The molecule has 2 aromatic rings. The second-order valence-corrected chi connectivity index (χ2v) is 6.28. The van der Waals surface area contributed by atoms with Gasteiger partial charge in [0.25, 0.3) is 11.8 Å². The summed E-state index contributed by atoms with van der Waals surface area (Å²) in [6.07, 6.45) is 0. The number of ether oxygens (including phenoxy) is 1. The minimum atomic E-state index is -0.428. The van der Waals surface area contributed by atoms with E-state index in [9.17, 15) is 9.59 Å². The van der Waals surface area contributed by atoms with Crippen molar-refractivity contribution in [1.82, 2.24) is 10.9 Å². The largest absolute Gasteiger partial charge is 0.483 e. The highest BCUT2D eigenvalue weighted by Crippen LogP contribution is 2.18. The zero-order valence-corrected chi connectivity index (χ0v) is 16.3. The Kier molecular flexibility index (Phi) is 7.23. The number of hydrazine groups is 1. The van der Waals surface area contributed by atoms with Crippen LogP contribution in [0.2, 0.25) is 0 Å². The van der Waals surface area contributed by atoms with Gasteiger partial charge in [0, 0.05) is 24.3 Å². The van der Waals surface area contributed by atoms with Crippen molar-refractivity contribution < 1.29 is 14.3 Å². The average molecular weight is 369 g/mol. The lowest BCUT2D eigenvalue weighted by Gasteiger charge is -2.21. The maximum Gasteiger partial charge on any atom is 0.276 e. The summed E-state index contributed by atoms with van der Waals surface area (Å²) < 4.78 is 5.49. The Hall–Kier alpha value is -3.02. The maximum absolute atomic E-state index is 12.2. The number of nitrogens with zero attached hydrogens (tertiary/aromatic N) is 1. The molecule has 0 saturated carbocycles. The van der Waals surface area contributed by atoms with Crippen molar-refractivity contribution >= 4 is 17.5 Å². The Bertz CT molecular complexity index is 784. The van der Waals surface area contributed by atoms with Crippen molar-refractivity contribution in [3.8, 4) is 5.75 Å². The Morgan fingerprint density at radius 3 is 2.22 bits per heavy atom. The fourth-order valence-electron chi connectivity index (χ4n) is 2.75. The highest BCUT2D eigenvalue weighted by atomic mass is 16.5. The Labute approximate surface area is 160 Å². The number of rotatable bonds is 7. The normalized spacial score (nSPS) is 10.2. The number of hydrogen-bond donors (Lipinski definition) is 2. The average Bonchev–Trinajstić information content (AvgIpc) is 2.67. The first-order valence-electron chi connectivity index (χ1n) is 9.08. The van der Waals surface area contributed by atoms with Crippen LogP contribution in [0.25, 0.3) is 0 Å². The van der Waals surface area contributed by atoms with Gasteiger partial charge in [0.15, 0.2) is 6.61 Å². The lowest BCUT2D eigenvalue weighted by Crippen LogP contribution is -2.43. The summed E-state index contributed by atoms with van der Waals surface area (Å²) in [5.41, 5.74) is 8.39. The molecular weight excluding hydrogens is 342 g/mol. The van der Waals surface area contributed by atoms with Gasteiger partial charge in [-0.25, -0.2) is 0 Å². The first-order chi connectivity index (χ1) is 12.9. The quantitative estimate of drug-likeness (QED) is 0.736. The van der Waals surface area contributed by atoms with Crippen molar-refractivity contribution in [2.45, 2.75) is 27.7 Å². The van der Waals surface area contributed by atoms with Crippen LogP contribution in [0.5, 0.6) is 5.75 Å². The van der Waals surface area contributed by atoms with Crippen LogP contribution < -0.4 is 20.5 Å². The van der Waals surface area contributed by atoms with Crippen molar-refractivity contribution in [2.24, 2.45) is 0 Å². The summed E-state index contributed by atoms with van der Waals surface area (Å²) in [7, 11) is 0. The first-order valence-corrected chi connectivity index (χ1v) is 9.08. The van der Waals surface area contributed by atoms with E-state index in [4.69, 9.17) is 4.74 Å². The Morgan fingerprint density at radius 2 is 1.63 bits per heavy atom. The van der Waals surface area contributed by atoms with Gasteiger partial charge in [-0.15, -0.1) is 0 Å². The first kappa shape index (κ1) is 20.3. The molecular formula is C21H27N3O3. The van der Waals surface area contributed by atoms with Gasteiger partial charge in [-0.05, 0) is 63.6 Å². The van der Waals surface area contributed by atoms with Crippen molar-refractivity contribution in [1.29, 1.82) is 0 Å². The third-order valence-electron chi connectivity index (χ3n) is 4.26. The van der Waals surface area contributed by atoms with Gasteiger partial charge in [-0.1, -0.05) is 17.7 Å². The van der Waals surface area contributed by atoms with Crippen LogP contribution in [-0.2, 0) is 4.79 Å². The number of anilines is 1. The molecule has 2 rings (SSSR count). The summed E-state index contributed by atoms with van der Waals surface area (Å²) in [5.74, 6) is -0.155. The molecule has 0 atom stereocenters. The smallest absolute Gasteiger partial charge is 0.276 e. The van der Waals surface area contributed by atoms with Gasteiger partial charge >= 0.3 is 0 Å². The number of carbonyl (C=O) groups excluding carboxylic acids is 2. The van der Waals surface area contributed by atoms with Crippen LogP contribution in [0.3, 0.4) is 0 Å². The van der Waals surface area contributed by atoms with E-state index < -0.39 is 5.91 Å². The van der Waals surface area contributed by atoms with E-state index in [0.717, 1.165) is 29.9 Å². The van der Waals surface area contributed by atoms with Gasteiger partial charge in [0.2, 0.25) is 0 Å². The van der Waals surface area contributed by atoms with Gasteiger partial charge < -0.3 is 9.64 Å². The Morgan fingerprint density at radius 1 is 0.963 bits per heavy atom. The van der Waals surface area contributed by atoms with Crippen LogP contribution in [0.4, 0.5) is 5.69 Å². The maximum atomic E-state index is 12.2. The third kappa shape index (κ3) is 5.74. The molecule has 0 fully saturated rings. The number of benzene rings is 2.